The Kier molecular flexibility index (Phi) is 3.67. The van der Waals surface area contributed by atoms with Crippen LogP contribution in [0.3, 0.4) is 0 Å². The Bertz CT molecular complexity index is 505. The number of halogens is 3. The molecule has 1 aromatic carbocycles. The van der Waals surface area contributed by atoms with Crippen molar-refractivity contribution in [3.8, 4) is 6.07 Å². The normalized spacial score (nSPS) is 23.1. The molecule has 0 heterocycles. The van der Waals surface area contributed by atoms with Crippen LogP contribution in [0.1, 0.15) is 30.4 Å². The summed E-state index contributed by atoms with van der Waals surface area (Å²) in [5.41, 5.74) is 4.88. The Morgan fingerprint density at radius 1 is 1.32 bits per heavy atom. The first-order valence-corrected chi connectivity index (χ1v) is 6.03. The Labute approximate surface area is 109 Å². The summed E-state index contributed by atoms with van der Waals surface area (Å²) in [5, 5.41) is 11.8. The summed E-state index contributed by atoms with van der Waals surface area (Å²) < 4.78 is 38.4. The number of benzene rings is 1. The molecule has 0 aliphatic heterocycles. The summed E-state index contributed by atoms with van der Waals surface area (Å²) >= 11 is 0. The molecule has 1 aromatic rings. The number of hydrogen-bond donors (Lipinski definition) is 2. The van der Waals surface area contributed by atoms with Gasteiger partial charge < -0.3 is 11.1 Å². The summed E-state index contributed by atoms with van der Waals surface area (Å²) in [5.74, 6) is 0. The molecule has 0 aromatic heterocycles. The lowest BCUT2D eigenvalue weighted by molar-refractivity contribution is -0.137. The van der Waals surface area contributed by atoms with Crippen molar-refractivity contribution in [2.75, 3.05) is 5.32 Å². The van der Waals surface area contributed by atoms with Crippen molar-refractivity contribution in [3.63, 3.8) is 0 Å². The minimum absolute atomic E-state index is 0.101. The lowest BCUT2D eigenvalue weighted by atomic mass is 10.1. The standard InChI is InChI=1S/C13H14F3N3/c14-13(15,16)12-6-11(3-1-8(12)7-17)19-10-4-2-9(18)5-10/h1,3,6,9-10,19H,2,4-5,18H2. The maximum absolute atomic E-state index is 12.8. The SMILES string of the molecule is N#Cc1ccc(NC2CCC(N)C2)cc1C(F)(F)F. The molecule has 2 atom stereocenters. The fourth-order valence-corrected chi connectivity index (χ4v) is 2.35. The van der Waals surface area contributed by atoms with Crippen molar-refractivity contribution in [1.82, 2.24) is 0 Å². The quantitative estimate of drug-likeness (QED) is 0.867. The second-order valence-corrected chi connectivity index (χ2v) is 4.78. The predicted molar refractivity (Wildman–Crippen MR) is 65.4 cm³/mol. The molecule has 1 aliphatic carbocycles. The van der Waals surface area contributed by atoms with Crippen LogP contribution < -0.4 is 11.1 Å². The first-order chi connectivity index (χ1) is 8.90. The molecule has 19 heavy (non-hydrogen) atoms. The van der Waals surface area contributed by atoms with Crippen molar-refractivity contribution in [2.24, 2.45) is 5.73 Å². The van der Waals surface area contributed by atoms with E-state index in [-0.39, 0.29) is 17.6 Å². The monoisotopic (exact) mass is 269 g/mol. The second-order valence-electron chi connectivity index (χ2n) is 4.78. The molecule has 2 unspecified atom stereocenters. The van der Waals surface area contributed by atoms with Gasteiger partial charge in [-0.1, -0.05) is 0 Å². The summed E-state index contributed by atoms with van der Waals surface area (Å²) in [4.78, 5) is 0. The maximum atomic E-state index is 12.8. The molecule has 0 amide bonds. The number of nitrogens with zero attached hydrogens (tertiary/aromatic N) is 1. The van der Waals surface area contributed by atoms with E-state index in [2.05, 4.69) is 5.32 Å². The highest BCUT2D eigenvalue weighted by molar-refractivity contribution is 5.53. The van der Waals surface area contributed by atoms with Gasteiger partial charge in [0, 0.05) is 17.8 Å². The third kappa shape index (κ3) is 3.18. The number of alkyl halides is 3. The van der Waals surface area contributed by atoms with E-state index in [1.165, 1.54) is 12.1 Å². The summed E-state index contributed by atoms with van der Waals surface area (Å²) in [6.45, 7) is 0. The van der Waals surface area contributed by atoms with E-state index in [4.69, 9.17) is 11.0 Å². The van der Waals surface area contributed by atoms with Crippen LogP contribution in [0.15, 0.2) is 18.2 Å². The minimum Gasteiger partial charge on any atom is -0.382 e. The van der Waals surface area contributed by atoms with E-state index in [1.54, 1.807) is 6.07 Å². The number of nitrogens with one attached hydrogen (secondary N) is 1. The fraction of sp³-hybridized carbons (Fsp3) is 0.462. The van der Waals surface area contributed by atoms with Gasteiger partial charge in [0.05, 0.1) is 17.2 Å². The fourth-order valence-electron chi connectivity index (χ4n) is 2.35. The molecule has 3 nitrogen and oxygen atoms in total. The third-order valence-electron chi connectivity index (χ3n) is 3.29. The van der Waals surface area contributed by atoms with Crippen LogP contribution in [0, 0.1) is 11.3 Å². The van der Waals surface area contributed by atoms with Crippen LogP contribution in [0.2, 0.25) is 0 Å². The largest absolute Gasteiger partial charge is 0.417 e. The van der Waals surface area contributed by atoms with Crippen molar-refractivity contribution in [2.45, 2.75) is 37.5 Å². The van der Waals surface area contributed by atoms with Gasteiger partial charge >= 0.3 is 6.18 Å². The Hall–Kier alpha value is -1.74. The zero-order valence-corrected chi connectivity index (χ0v) is 10.2. The van der Waals surface area contributed by atoms with Gasteiger partial charge in [0.1, 0.15) is 0 Å². The van der Waals surface area contributed by atoms with E-state index in [0.717, 1.165) is 25.3 Å². The molecule has 0 radical (unpaired) electrons. The lowest BCUT2D eigenvalue weighted by Gasteiger charge is -2.16. The van der Waals surface area contributed by atoms with Crippen LogP contribution in [0.4, 0.5) is 18.9 Å². The molecule has 0 spiro atoms. The van der Waals surface area contributed by atoms with Crippen molar-refractivity contribution in [3.05, 3.63) is 29.3 Å². The minimum atomic E-state index is -4.52. The second kappa shape index (κ2) is 5.10. The number of rotatable bonds is 2. The van der Waals surface area contributed by atoms with Crippen LogP contribution in [-0.2, 0) is 6.18 Å². The van der Waals surface area contributed by atoms with E-state index in [9.17, 15) is 13.2 Å². The molecule has 6 heteroatoms. The van der Waals surface area contributed by atoms with Gasteiger partial charge in [0.15, 0.2) is 0 Å². The van der Waals surface area contributed by atoms with Crippen LogP contribution in [-0.4, -0.2) is 12.1 Å². The third-order valence-corrected chi connectivity index (χ3v) is 3.29. The smallest absolute Gasteiger partial charge is 0.382 e. The number of nitriles is 1. The molecule has 3 N–H and O–H groups in total. The molecule has 1 saturated carbocycles. The van der Waals surface area contributed by atoms with Gasteiger partial charge in [0.2, 0.25) is 0 Å². The van der Waals surface area contributed by atoms with E-state index >= 15 is 0 Å². The Morgan fingerprint density at radius 2 is 2.05 bits per heavy atom. The highest BCUT2D eigenvalue weighted by Gasteiger charge is 2.34. The van der Waals surface area contributed by atoms with Gasteiger partial charge in [-0.15, -0.1) is 0 Å². The molecule has 2 rings (SSSR count). The summed E-state index contributed by atoms with van der Waals surface area (Å²) in [6.07, 6.45) is -2.04. The van der Waals surface area contributed by atoms with Crippen molar-refractivity contribution in [1.29, 1.82) is 5.26 Å². The van der Waals surface area contributed by atoms with E-state index in [0.29, 0.717) is 5.69 Å². The zero-order chi connectivity index (χ0) is 14.0. The highest BCUT2D eigenvalue weighted by atomic mass is 19.4. The average Bonchev–Trinajstić information content (AvgIpc) is 2.73. The van der Waals surface area contributed by atoms with Gasteiger partial charge in [-0.2, -0.15) is 18.4 Å². The molecular formula is C13H14F3N3. The predicted octanol–water partition coefficient (Wildman–Crippen LogP) is 2.87. The Balaban J connectivity index is 2.21. The van der Waals surface area contributed by atoms with Crippen LogP contribution >= 0.6 is 0 Å². The molecule has 1 fully saturated rings. The average molecular weight is 269 g/mol. The van der Waals surface area contributed by atoms with Gasteiger partial charge in [0.25, 0.3) is 0 Å². The van der Waals surface area contributed by atoms with E-state index in [1.807, 2.05) is 0 Å². The summed E-state index contributed by atoms with van der Waals surface area (Å²) in [7, 11) is 0. The number of nitrogens with two attached hydrogens (primary N) is 1. The van der Waals surface area contributed by atoms with Gasteiger partial charge in [-0.3, -0.25) is 0 Å². The zero-order valence-electron chi connectivity index (χ0n) is 10.2. The maximum Gasteiger partial charge on any atom is 0.417 e. The first kappa shape index (κ1) is 13.7. The topological polar surface area (TPSA) is 61.8 Å². The molecule has 0 bridgehead atoms. The summed E-state index contributed by atoms with van der Waals surface area (Å²) in [6, 6.07) is 5.45. The van der Waals surface area contributed by atoms with Gasteiger partial charge in [-0.05, 0) is 37.5 Å². The first-order valence-electron chi connectivity index (χ1n) is 6.03. The number of anilines is 1. The molecule has 1 aliphatic rings. The molecular weight excluding hydrogens is 255 g/mol. The Morgan fingerprint density at radius 3 is 2.58 bits per heavy atom. The molecule has 102 valence electrons. The van der Waals surface area contributed by atoms with Crippen LogP contribution in [0.5, 0.6) is 0 Å². The van der Waals surface area contributed by atoms with Crippen LogP contribution in [0.25, 0.3) is 0 Å². The van der Waals surface area contributed by atoms with E-state index < -0.39 is 11.7 Å². The number of hydrogen-bond acceptors (Lipinski definition) is 3. The highest BCUT2D eigenvalue weighted by Crippen LogP contribution is 2.34. The molecule has 0 saturated heterocycles. The van der Waals surface area contributed by atoms with Crippen molar-refractivity contribution < 1.29 is 13.2 Å². The van der Waals surface area contributed by atoms with Gasteiger partial charge in [-0.25, -0.2) is 0 Å². The lowest BCUT2D eigenvalue weighted by Crippen LogP contribution is -2.21. The van der Waals surface area contributed by atoms with Crippen molar-refractivity contribution >= 4 is 5.69 Å².